The highest BCUT2D eigenvalue weighted by molar-refractivity contribution is 7.13. The second kappa shape index (κ2) is 5.24. The van der Waals surface area contributed by atoms with Crippen LogP contribution >= 0.6 is 11.3 Å². The Morgan fingerprint density at radius 1 is 1.11 bits per heavy atom. The van der Waals surface area contributed by atoms with Gasteiger partial charge in [0.05, 0.1) is 7.11 Å². The molecular formula is C16H12NOS. The number of hydrogen-bond donors (Lipinski definition) is 0. The smallest absolute Gasteiger partial charge is 0.123 e. The van der Waals surface area contributed by atoms with Gasteiger partial charge in [0.2, 0.25) is 0 Å². The van der Waals surface area contributed by atoms with Crippen molar-refractivity contribution >= 4 is 11.3 Å². The maximum absolute atomic E-state index is 5.17. The molecule has 0 spiro atoms. The van der Waals surface area contributed by atoms with Gasteiger partial charge in [-0.3, -0.25) is 0 Å². The van der Waals surface area contributed by atoms with Crippen LogP contribution < -0.4 is 4.74 Å². The van der Waals surface area contributed by atoms with Gasteiger partial charge in [-0.2, -0.15) is 0 Å². The Hall–Kier alpha value is -2.13. The molecule has 0 amide bonds. The molecule has 0 aliphatic carbocycles. The molecule has 19 heavy (non-hydrogen) atoms. The largest absolute Gasteiger partial charge is 0.497 e. The van der Waals surface area contributed by atoms with Crippen LogP contribution in [0.2, 0.25) is 0 Å². The van der Waals surface area contributed by atoms with E-state index in [0.29, 0.717) is 0 Å². The molecule has 3 rings (SSSR count). The van der Waals surface area contributed by atoms with Crippen LogP contribution in [0.1, 0.15) is 0 Å². The molecule has 2 nitrogen and oxygen atoms in total. The first kappa shape index (κ1) is 11.9. The minimum Gasteiger partial charge on any atom is -0.497 e. The number of hydrogen-bond acceptors (Lipinski definition) is 3. The summed E-state index contributed by atoms with van der Waals surface area (Å²) in [6.07, 6.45) is 1.82. The zero-order valence-electron chi connectivity index (χ0n) is 10.5. The van der Waals surface area contributed by atoms with Crippen molar-refractivity contribution in [3.05, 3.63) is 60.1 Å². The van der Waals surface area contributed by atoms with E-state index in [-0.39, 0.29) is 0 Å². The number of nitrogens with zero attached hydrogens (tertiary/aromatic N) is 1. The Labute approximate surface area is 116 Å². The Morgan fingerprint density at radius 3 is 2.63 bits per heavy atom. The van der Waals surface area contributed by atoms with Gasteiger partial charge in [-0.25, -0.2) is 4.98 Å². The summed E-state index contributed by atoms with van der Waals surface area (Å²) in [6, 6.07) is 17.3. The van der Waals surface area contributed by atoms with Gasteiger partial charge in [-0.05, 0) is 35.4 Å². The minimum atomic E-state index is 0.861. The molecule has 0 aliphatic rings. The lowest BCUT2D eigenvalue weighted by molar-refractivity contribution is 0.415. The SMILES string of the molecule is COc1ccc(-c2[c]ccc(-c3nccs3)c2)cc1. The second-order valence-electron chi connectivity index (χ2n) is 4.06. The second-order valence-corrected chi connectivity index (χ2v) is 4.95. The lowest BCUT2D eigenvalue weighted by Gasteiger charge is -2.05. The first-order chi connectivity index (χ1) is 9.36. The monoisotopic (exact) mass is 266 g/mol. The number of thiazole rings is 1. The number of rotatable bonds is 3. The first-order valence-corrected chi connectivity index (χ1v) is 6.81. The number of methoxy groups -OCH3 is 1. The van der Waals surface area contributed by atoms with Crippen molar-refractivity contribution in [2.75, 3.05) is 7.11 Å². The summed E-state index contributed by atoms with van der Waals surface area (Å²) in [6.45, 7) is 0. The standard InChI is InChI=1S/C16H12NOS/c1-18-15-7-5-12(6-8-15)13-3-2-4-14(11-13)16-17-9-10-19-16/h2,4-11H,1H3. The van der Waals surface area contributed by atoms with Crippen molar-refractivity contribution in [3.8, 4) is 27.4 Å². The summed E-state index contributed by atoms with van der Waals surface area (Å²) in [7, 11) is 1.67. The highest BCUT2D eigenvalue weighted by Gasteiger charge is 2.03. The fourth-order valence-corrected chi connectivity index (χ4v) is 2.54. The predicted molar refractivity (Wildman–Crippen MR) is 78.4 cm³/mol. The van der Waals surface area contributed by atoms with Gasteiger partial charge < -0.3 is 4.74 Å². The van der Waals surface area contributed by atoms with Crippen molar-refractivity contribution in [2.24, 2.45) is 0 Å². The Balaban J connectivity index is 1.98. The van der Waals surface area contributed by atoms with Crippen LogP contribution in [0.4, 0.5) is 0 Å². The quantitative estimate of drug-likeness (QED) is 0.705. The Morgan fingerprint density at radius 2 is 1.95 bits per heavy atom. The van der Waals surface area contributed by atoms with E-state index in [4.69, 9.17) is 4.74 Å². The first-order valence-electron chi connectivity index (χ1n) is 5.93. The molecule has 0 aliphatic heterocycles. The van der Waals surface area contributed by atoms with Gasteiger partial charge in [-0.1, -0.05) is 24.3 Å². The molecule has 1 radical (unpaired) electrons. The summed E-state index contributed by atoms with van der Waals surface area (Å²) < 4.78 is 5.17. The molecule has 0 atom stereocenters. The molecule has 0 N–H and O–H groups in total. The molecule has 0 saturated heterocycles. The van der Waals surface area contributed by atoms with Gasteiger partial charge in [-0.15, -0.1) is 11.3 Å². The summed E-state index contributed by atoms with van der Waals surface area (Å²) in [5, 5.41) is 3.02. The summed E-state index contributed by atoms with van der Waals surface area (Å²) in [4.78, 5) is 4.33. The lowest BCUT2D eigenvalue weighted by Crippen LogP contribution is -1.84. The summed E-state index contributed by atoms with van der Waals surface area (Å²) in [5.41, 5.74) is 3.31. The van der Waals surface area contributed by atoms with Crippen molar-refractivity contribution in [3.63, 3.8) is 0 Å². The van der Waals surface area contributed by atoms with Gasteiger partial charge in [0.25, 0.3) is 0 Å². The van der Waals surface area contributed by atoms with Gasteiger partial charge in [0.15, 0.2) is 0 Å². The van der Waals surface area contributed by atoms with Gasteiger partial charge >= 0.3 is 0 Å². The van der Waals surface area contributed by atoms with Crippen LogP contribution in [0, 0.1) is 6.07 Å². The van der Waals surface area contributed by atoms with E-state index in [0.717, 1.165) is 27.4 Å². The molecule has 1 heterocycles. The van der Waals surface area contributed by atoms with E-state index in [1.54, 1.807) is 18.4 Å². The van der Waals surface area contributed by atoms with E-state index >= 15 is 0 Å². The van der Waals surface area contributed by atoms with Gasteiger partial charge in [0, 0.05) is 17.1 Å². The molecule has 0 bridgehead atoms. The average molecular weight is 266 g/mol. The van der Waals surface area contributed by atoms with E-state index in [1.807, 2.05) is 48.0 Å². The molecule has 0 unspecified atom stereocenters. The van der Waals surface area contributed by atoms with E-state index in [9.17, 15) is 0 Å². The third kappa shape index (κ3) is 2.51. The fraction of sp³-hybridized carbons (Fsp3) is 0.0625. The zero-order chi connectivity index (χ0) is 13.1. The van der Waals surface area contributed by atoms with E-state index in [2.05, 4.69) is 17.1 Å². The minimum absolute atomic E-state index is 0.861. The van der Waals surface area contributed by atoms with Gasteiger partial charge in [0.1, 0.15) is 10.8 Å². The molecular weight excluding hydrogens is 254 g/mol. The van der Waals surface area contributed by atoms with Crippen LogP contribution in [0.3, 0.4) is 0 Å². The van der Waals surface area contributed by atoms with Crippen molar-refractivity contribution in [1.29, 1.82) is 0 Å². The third-order valence-corrected chi connectivity index (χ3v) is 3.70. The maximum atomic E-state index is 5.17. The number of ether oxygens (including phenoxy) is 1. The van der Waals surface area contributed by atoms with Crippen molar-refractivity contribution in [1.82, 2.24) is 4.98 Å². The topological polar surface area (TPSA) is 22.1 Å². The van der Waals surface area contributed by atoms with Crippen LogP contribution in [-0.2, 0) is 0 Å². The van der Waals surface area contributed by atoms with E-state index < -0.39 is 0 Å². The van der Waals surface area contributed by atoms with E-state index in [1.165, 1.54) is 0 Å². The third-order valence-electron chi connectivity index (χ3n) is 2.88. The average Bonchev–Trinajstić information content (AvgIpc) is 3.02. The predicted octanol–water partition coefficient (Wildman–Crippen LogP) is 4.29. The molecule has 1 aromatic heterocycles. The highest BCUT2D eigenvalue weighted by atomic mass is 32.1. The molecule has 0 fully saturated rings. The maximum Gasteiger partial charge on any atom is 0.123 e. The van der Waals surface area contributed by atoms with Crippen molar-refractivity contribution < 1.29 is 4.74 Å². The molecule has 0 saturated carbocycles. The highest BCUT2D eigenvalue weighted by Crippen LogP contribution is 2.28. The van der Waals surface area contributed by atoms with Crippen molar-refractivity contribution in [2.45, 2.75) is 0 Å². The molecule has 93 valence electrons. The number of benzene rings is 2. The van der Waals surface area contributed by atoms with Crippen LogP contribution in [0.25, 0.3) is 21.7 Å². The summed E-state index contributed by atoms with van der Waals surface area (Å²) in [5.74, 6) is 0.861. The molecule has 2 aromatic carbocycles. The lowest BCUT2D eigenvalue weighted by atomic mass is 10.0. The Bertz CT molecular complexity index is 659. The molecule has 3 aromatic rings. The molecule has 3 heteroatoms. The fourth-order valence-electron chi connectivity index (χ4n) is 1.90. The van der Waals surface area contributed by atoms with Crippen LogP contribution in [0.15, 0.2) is 54.0 Å². The Kier molecular flexibility index (Phi) is 3.29. The van der Waals surface area contributed by atoms with Crippen LogP contribution in [-0.4, -0.2) is 12.1 Å². The normalized spacial score (nSPS) is 10.4. The summed E-state index contributed by atoms with van der Waals surface area (Å²) >= 11 is 1.64. The van der Waals surface area contributed by atoms with Crippen LogP contribution in [0.5, 0.6) is 5.75 Å². The number of aromatic nitrogens is 1. The zero-order valence-corrected chi connectivity index (χ0v) is 11.3.